The van der Waals surface area contributed by atoms with E-state index in [0.717, 1.165) is 5.56 Å². The van der Waals surface area contributed by atoms with Crippen LogP contribution >= 0.6 is 0 Å². The van der Waals surface area contributed by atoms with Crippen molar-refractivity contribution in [2.45, 2.75) is 33.0 Å². The van der Waals surface area contributed by atoms with Crippen LogP contribution in [-0.4, -0.2) is 24.5 Å². The summed E-state index contributed by atoms with van der Waals surface area (Å²) >= 11 is 0. The second-order valence-electron chi connectivity index (χ2n) is 5.09. The first-order valence-electron chi connectivity index (χ1n) is 6.28. The number of hydrogen-bond donors (Lipinski definition) is 2. The molecule has 0 saturated heterocycles. The van der Waals surface area contributed by atoms with Gasteiger partial charge in [-0.2, -0.15) is 0 Å². The van der Waals surface area contributed by atoms with E-state index in [1.165, 1.54) is 0 Å². The summed E-state index contributed by atoms with van der Waals surface area (Å²) < 4.78 is 9.98. The van der Waals surface area contributed by atoms with E-state index in [1.54, 1.807) is 20.8 Å². The van der Waals surface area contributed by atoms with Crippen molar-refractivity contribution in [2.24, 2.45) is 0 Å². The molecule has 20 heavy (non-hydrogen) atoms. The van der Waals surface area contributed by atoms with Crippen molar-refractivity contribution in [1.82, 2.24) is 10.6 Å². The standard InChI is InChI=1S/C14H20N2O4/c1-14(2,3)20-13(18)16-10-15-12(17)19-9-11-7-5-4-6-8-11/h4-8H,9-10H2,1-3H3,(H,15,17)(H,16,18). The van der Waals surface area contributed by atoms with E-state index >= 15 is 0 Å². The van der Waals surface area contributed by atoms with Crippen LogP contribution in [0.5, 0.6) is 0 Å². The van der Waals surface area contributed by atoms with Crippen LogP contribution in [0, 0.1) is 0 Å². The number of amides is 2. The number of carbonyl (C=O) groups is 2. The van der Waals surface area contributed by atoms with Gasteiger partial charge in [-0.15, -0.1) is 0 Å². The van der Waals surface area contributed by atoms with E-state index in [-0.39, 0.29) is 13.3 Å². The molecule has 0 radical (unpaired) electrons. The van der Waals surface area contributed by atoms with Crippen molar-refractivity contribution < 1.29 is 19.1 Å². The molecule has 0 aliphatic rings. The highest BCUT2D eigenvalue weighted by Gasteiger charge is 2.15. The second kappa shape index (κ2) is 7.37. The third-order valence-corrected chi connectivity index (χ3v) is 2.08. The molecular formula is C14H20N2O4. The third-order valence-electron chi connectivity index (χ3n) is 2.08. The van der Waals surface area contributed by atoms with Crippen LogP contribution in [0.1, 0.15) is 26.3 Å². The highest BCUT2D eigenvalue weighted by atomic mass is 16.6. The van der Waals surface area contributed by atoms with Gasteiger partial charge in [-0.1, -0.05) is 30.3 Å². The first kappa shape index (κ1) is 15.8. The summed E-state index contributed by atoms with van der Waals surface area (Å²) in [6.07, 6.45) is -1.20. The van der Waals surface area contributed by atoms with Crippen molar-refractivity contribution in [1.29, 1.82) is 0 Å². The molecule has 0 unspecified atom stereocenters. The van der Waals surface area contributed by atoms with Crippen molar-refractivity contribution >= 4 is 12.2 Å². The average Bonchev–Trinajstić information content (AvgIpc) is 2.35. The lowest BCUT2D eigenvalue weighted by molar-refractivity contribution is 0.0523. The van der Waals surface area contributed by atoms with Crippen LogP contribution in [0.3, 0.4) is 0 Å². The maximum Gasteiger partial charge on any atom is 0.409 e. The molecule has 1 aromatic carbocycles. The number of hydrogen-bond acceptors (Lipinski definition) is 4. The van der Waals surface area contributed by atoms with E-state index in [2.05, 4.69) is 10.6 Å². The van der Waals surface area contributed by atoms with Gasteiger partial charge in [-0.3, -0.25) is 0 Å². The topological polar surface area (TPSA) is 76.7 Å². The Kier molecular flexibility index (Phi) is 5.83. The largest absolute Gasteiger partial charge is 0.445 e. The molecule has 110 valence electrons. The smallest absolute Gasteiger partial charge is 0.409 e. The molecule has 2 amide bonds. The van der Waals surface area contributed by atoms with Crippen LogP contribution in [0.4, 0.5) is 9.59 Å². The highest BCUT2D eigenvalue weighted by Crippen LogP contribution is 2.06. The van der Waals surface area contributed by atoms with Crippen LogP contribution in [0.25, 0.3) is 0 Å². The molecule has 6 heteroatoms. The zero-order valence-electron chi connectivity index (χ0n) is 11.9. The monoisotopic (exact) mass is 280 g/mol. The Hall–Kier alpha value is -2.24. The Labute approximate surface area is 118 Å². The lowest BCUT2D eigenvalue weighted by Gasteiger charge is -2.19. The maximum absolute atomic E-state index is 11.4. The molecule has 0 aliphatic heterocycles. The van der Waals surface area contributed by atoms with Gasteiger partial charge in [-0.05, 0) is 26.3 Å². The number of carbonyl (C=O) groups excluding carboxylic acids is 2. The Bertz CT molecular complexity index is 440. The van der Waals surface area contributed by atoms with Crippen molar-refractivity contribution in [2.75, 3.05) is 6.67 Å². The molecule has 6 nitrogen and oxygen atoms in total. The second-order valence-corrected chi connectivity index (χ2v) is 5.09. The van der Waals surface area contributed by atoms with Crippen LogP contribution < -0.4 is 10.6 Å². The SMILES string of the molecule is CC(C)(C)OC(=O)NCNC(=O)OCc1ccccc1. The quantitative estimate of drug-likeness (QED) is 0.830. The molecule has 0 spiro atoms. The van der Waals surface area contributed by atoms with Gasteiger partial charge in [0.1, 0.15) is 12.2 Å². The summed E-state index contributed by atoms with van der Waals surface area (Å²) in [6, 6.07) is 9.31. The maximum atomic E-state index is 11.4. The number of benzene rings is 1. The third kappa shape index (κ3) is 7.25. The summed E-state index contributed by atoms with van der Waals surface area (Å²) in [6.45, 7) is 5.40. The molecule has 0 atom stereocenters. The van der Waals surface area contributed by atoms with Crippen molar-refractivity contribution in [3.05, 3.63) is 35.9 Å². The van der Waals surface area contributed by atoms with Gasteiger partial charge in [0, 0.05) is 0 Å². The summed E-state index contributed by atoms with van der Waals surface area (Å²) in [7, 11) is 0. The molecule has 0 bridgehead atoms. The van der Waals surface area contributed by atoms with Gasteiger partial charge >= 0.3 is 12.2 Å². The first-order chi connectivity index (χ1) is 9.37. The fraction of sp³-hybridized carbons (Fsp3) is 0.429. The molecule has 0 heterocycles. The lowest BCUT2D eigenvalue weighted by Crippen LogP contribution is -2.40. The zero-order chi connectivity index (χ0) is 15.0. The number of rotatable bonds is 4. The minimum absolute atomic E-state index is 0.0530. The summed E-state index contributed by atoms with van der Waals surface area (Å²) in [5, 5.41) is 4.79. The molecule has 0 saturated carbocycles. The lowest BCUT2D eigenvalue weighted by atomic mass is 10.2. The Morgan fingerprint density at radius 1 is 1.05 bits per heavy atom. The van der Waals surface area contributed by atoms with Gasteiger partial charge in [0.2, 0.25) is 0 Å². The summed E-state index contributed by atoms with van der Waals surface area (Å²) in [5.74, 6) is 0. The molecule has 2 N–H and O–H groups in total. The minimum atomic E-state index is -0.607. The van der Waals surface area contributed by atoms with Gasteiger partial charge in [0.05, 0.1) is 6.67 Å². The van der Waals surface area contributed by atoms with Crippen molar-refractivity contribution in [3.8, 4) is 0 Å². The van der Waals surface area contributed by atoms with E-state index in [9.17, 15) is 9.59 Å². The fourth-order valence-electron chi connectivity index (χ4n) is 1.28. The van der Waals surface area contributed by atoms with E-state index in [1.807, 2.05) is 30.3 Å². The van der Waals surface area contributed by atoms with E-state index < -0.39 is 17.8 Å². The molecule has 0 aromatic heterocycles. The van der Waals surface area contributed by atoms with E-state index in [4.69, 9.17) is 9.47 Å². The van der Waals surface area contributed by atoms with Gasteiger partial charge < -0.3 is 20.1 Å². The van der Waals surface area contributed by atoms with Crippen LogP contribution in [-0.2, 0) is 16.1 Å². The van der Waals surface area contributed by atoms with Crippen LogP contribution in [0.15, 0.2) is 30.3 Å². The summed E-state index contributed by atoms with van der Waals surface area (Å²) in [4.78, 5) is 22.7. The number of nitrogens with one attached hydrogen (secondary N) is 2. The molecule has 0 fully saturated rings. The Morgan fingerprint density at radius 2 is 1.65 bits per heavy atom. The van der Waals surface area contributed by atoms with Gasteiger partial charge in [-0.25, -0.2) is 9.59 Å². The molecule has 0 aliphatic carbocycles. The van der Waals surface area contributed by atoms with Crippen LogP contribution in [0.2, 0.25) is 0 Å². The average molecular weight is 280 g/mol. The predicted octanol–water partition coefficient (Wildman–Crippen LogP) is 2.40. The zero-order valence-corrected chi connectivity index (χ0v) is 11.9. The molecule has 1 rings (SSSR count). The first-order valence-corrected chi connectivity index (χ1v) is 6.28. The number of ether oxygens (including phenoxy) is 2. The molecular weight excluding hydrogens is 260 g/mol. The Morgan fingerprint density at radius 3 is 2.25 bits per heavy atom. The minimum Gasteiger partial charge on any atom is -0.445 e. The van der Waals surface area contributed by atoms with Gasteiger partial charge in [0.15, 0.2) is 0 Å². The fourth-order valence-corrected chi connectivity index (χ4v) is 1.28. The van der Waals surface area contributed by atoms with Gasteiger partial charge in [0.25, 0.3) is 0 Å². The highest BCUT2D eigenvalue weighted by molar-refractivity contribution is 5.70. The molecule has 1 aromatic rings. The predicted molar refractivity (Wildman–Crippen MR) is 74.0 cm³/mol. The Balaban J connectivity index is 2.16. The number of alkyl carbamates (subject to hydrolysis) is 2. The van der Waals surface area contributed by atoms with Crippen molar-refractivity contribution in [3.63, 3.8) is 0 Å². The normalized spacial score (nSPS) is 10.6. The summed E-state index contributed by atoms with van der Waals surface area (Å²) in [5.41, 5.74) is 0.320. The van der Waals surface area contributed by atoms with E-state index in [0.29, 0.717) is 0 Å².